The van der Waals surface area contributed by atoms with Crippen LogP contribution < -0.4 is 4.90 Å². The van der Waals surface area contributed by atoms with Gasteiger partial charge >= 0.3 is 0 Å². The van der Waals surface area contributed by atoms with Crippen molar-refractivity contribution in [2.75, 3.05) is 14.1 Å². The summed E-state index contributed by atoms with van der Waals surface area (Å²) in [6.45, 7) is 0. The molecule has 0 aliphatic carbocycles. The zero-order chi connectivity index (χ0) is 10.8. The molecule has 2 aromatic rings. The van der Waals surface area contributed by atoms with Gasteiger partial charge in [-0.2, -0.15) is 5.10 Å². The van der Waals surface area contributed by atoms with Crippen molar-refractivity contribution in [3.05, 3.63) is 29.0 Å². The minimum absolute atomic E-state index is 0.377. The molecular formula is C9H10N4O2. The molecule has 0 amide bonds. The van der Waals surface area contributed by atoms with E-state index in [1.165, 1.54) is 0 Å². The summed E-state index contributed by atoms with van der Waals surface area (Å²) < 4.78 is 4.45. The van der Waals surface area contributed by atoms with Crippen LogP contribution in [-0.4, -0.2) is 30.5 Å². The molecule has 1 aromatic carbocycles. The molecule has 0 N–H and O–H groups in total. The lowest BCUT2D eigenvalue weighted by Crippen LogP contribution is -2.22. The van der Waals surface area contributed by atoms with Gasteiger partial charge in [-0.1, -0.05) is 0 Å². The van der Waals surface area contributed by atoms with E-state index in [9.17, 15) is 5.21 Å². The molecule has 6 heteroatoms. The van der Waals surface area contributed by atoms with Crippen LogP contribution in [0.3, 0.4) is 0 Å². The predicted molar refractivity (Wildman–Crippen MR) is 54.3 cm³/mol. The van der Waals surface area contributed by atoms with Gasteiger partial charge in [0.05, 0.1) is 6.21 Å². The van der Waals surface area contributed by atoms with Gasteiger partial charge in [0.2, 0.25) is 11.0 Å². The van der Waals surface area contributed by atoms with Gasteiger partial charge in [-0.25, -0.2) is 0 Å². The van der Waals surface area contributed by atoms with Gasteiger partial charge < -0.3 is 10.2 Å². The first-order chi connectivity index (χ1) is 7.16. The monoisotopic (exact) mass is 206 g/mol. The van der Waals surface area contributed by atoms with Crippen molar-refractivity contribution in [3.63, 3.8) is 0 Å². The zero-order valence-electron chi connectivity index (χ0n) is 8.41. The minimum atomic E-state index is 0.377. The number of hydrogen-bond donors (Lipinski definition) is 0. The molecule has 0 aliphatic heterocycles. The molecule has 1 aromatic heterocycles. The van der Waals surface area contributed by atoms with Crippen LogP contribution in [0.5, 0.6) is 0 Å². The SMILES string of the molecule is CN(C)/N=C\c1ccc2no[n+]([O-])c2c1. The normalized spacial score (nSPS) is 11.3. The maximum absolute atomic E-state index is 11.1. The largest absolute Gasteiger partial charge is 0.359 e. The fourth-order valence-electron chi connectivity index (χ4n) is 1.15. The number of aromatic nitrogens is 2. The van der Waals surface area contributed by atoms with Crippen molar-refractivity contribution in [3.8, 4) is 0 Å². The van der Waals surface area contributed by atoms with Crippen molar-refractivity contribution in [2.45, 2.75) is 0 Å². The maximum atomic E-state index is 11.1. The third-order valence-electron chi connectivity index (χ3n) is 1.85. The van der Waals surface area contributed by atoms with Crippen LogP contribution in [0.1, 0.15) is 5.56 Å². The summed E-state index contributed by atoms with van der Waals surface area (Å²) in [5.41, 5.74) is 1.76. The molecule has 78 valence electrons. The molecule has 0 fully saturated rings. The lowest BCUT2D eigenvalue weighted by atomic mass is 10.2. The van der Waals surface area contributed by atoms with Crippen LogP contribution in [0.2, 0.25) is 0 Å². The highest BCUT2D eigenvalue weighted by atomic mass is 16.8. The Morgan fingerprint density at radius 3 is 3.07 bits per heavy atom. The summed E-state index contributed by atoms with van der Waals surface area (Å²) in [6.07, 6.45) is 1.66. The summed E-state index contributed by atoms with van der Waals surface area (Å²) in [5, 5.41) is 20.4. The lowest BCUT2D eigenvalue weighted by molar-refractivity contribution is -0.782. The molecule has 0 unspecified atom stereocenters. The summed E-state index contributed by atoms with van der Waals surface area (Å²) in [7, 11) is 3.64. The first-order valence-electron chi connectivity index (χ1n) is 4.37. The van der Waals surface area contributed by atoms with Crippen molar-refractivity contribution >= 4 is 17.2 Å². The Morgan fingerprint density at radius 2 is 2.33 bits per heavy atom. The molecule has 0 bridgehead atoms. The number of hydrogen-bond acceptors (Lipinski definition) is 5. The second-order valence-corrected chi connectivity index (χ2v) is 3.27. The Balaban J connectivity index is 2.41. The summed E-state index contributed by atoms with van der Waals surface area (Å²) in [6, 6.07) is 5.20. The van der Waals surface area contributed by atoms with Crippen LogP contribution in [0, 0.1) is 5.21 Å². The van der Waals surface area contributed by atoms with E-state index in [4.69, 9.17) is 0 Å². The molecule has 0 atom stereocenters. The van der Waals surface area contributed by atoms with E-state index in [0.29, 0.717) is 15.9 Å². The summed E-state index contributed by atoms with van der Waals surface area (Å²) in [4.78, 5) is 0.377. The molecule has 2 rings (SSSR count). The van der Waals surface area contributed by atoms with E-state index < -0.39 is 0 Å². The van der Waals surface area contributed by atoms with Crippen molar-refractivity contribution < 1.29 is 9.53 Å². The Labute approximate surface area is 85.9 Å². The molecule has 0 saturated heterocycles. The molecule has 6 nitrogen and oxygen atoms in total. The van der Waals surface area contributed by atoms with E-state index >= 15 is 0 Å². The molecular weight excluding hydrogens is 196 g/mol. The van der Waals surface area contributed by atoms with E-state index in [2.05, 4.69) is 14.9 Å². The third kappa shape index (κ3) is 1.88. The van der Waals surface area contributed by atoms with Gasteiger partial charge in [0, 0.05) is 25.3 Å². The number of benzene rings is 1. The summed E-state index contributed by atoms with van der Waals surface area (Å²) >= 11 is 0. The quantitative estimate of drug-likeness (QED) is 0.404. The van der Waals surface area contributed by atoms with Crippen molar-refractivity contribution in [1.82, 2.24) is 10.2 Å². The van der Waals surface area contributed by atoms with Gasteiger partial charge in [-0.05, 0) is 22.6 Å². The van der Waals surface area contributed by atoms with Crippen molar-refractivity contribution in [2.24, 2.45) is 5.10 Å². The molecule has 0 spiro atoms. The topological polar surface area (TPSA) is 68.6 Å². The third-order valence-corrected chi connectivity index (χ3v) is 1.85. The second-order valence-electron chi connectivity index (χ2n) is 3.27. The fourth-order valence-corrected chi connectivity index (χ4v) is 1.15. The molecule has 0 saturated carbocycles. The number of rotatable bonds is 2. The molecule has 0 aliphatic rings. The standard InChI is InChI=1S/C9H10N4O2/c1-12(2)10-6-7-3-4-8-9(5-7)13(14)15-11-8/h3-6H,1-2H3/b10-6-. The Bertz CT molecular complexity index is 504. The van der Waals surface area contributed by atoms with Gasteiger partial charge in [-0.15, -0.1) is 0 Å². The van der Waals surface area contributed by atoms with E-state index in [1.807, 2.05) is 20.2 Å². The summed E-state index contributed by atoms with van der Waals surface area (Å²) in [5.74, 6) is 0. The molecule has 15 heavy (non-hydrogen) atoms. The van der Waals surface area contributed by atoms with Crippen molar-refractivity contribution in [1.29, 1.82) is 0 Å². The highest BCUT2D eigenvalue weighted by Gasteiger charge is 2.08. The highest BCUT2D eigenvalue weighted by Crippen LogP contribution is 2.08. The molecule has 1 heterocycles. The first kappa shape index (κ1) is 9.45. The van der Waals surface area contributed by atoms with E-state index in [-0.39, 0.29) is 0 Å². The number of fused-ring (bicyclic) bond motifs is 1. The number of hydrazone groups is 1. The Kier molecular flexibility index (Phi) is 2.24. The van der Waals surface area contributed by atoms with Crippen LogP contribution in [0.25, 0.3) is 11.0 Å². The van der Waals surface area contributed by atoms with Gasteiger partial charge in [0.15, 0.2) is 0 Å². The van der Waals surface area contributed by atoms with Gasteiger partial charge in [0.25, 0.3) is 0 Å². The average Bonchev–Trinajstić information content (AvgIpc) is 2.57. The fraction of sp³-hybridized carbons (Fsp3) is 0.222. The van der Waals surface area contributed by atoms with Crippen LogP contribution >= 0.6 is 0 Å². The van der Waals surface area contributed by atoms with Crippen LogP contribution in [0.15, 0.2) is 27.9 Å². The Hall–Kier alpha value is -2.11. The molecule has 0 radical (unpaired) electrons. The maximum Gasteiger partial charge on any atom is 0.248 e. The van der Waals surface area contributed by atoms with Crippen LogP contribution in [0.4, 0.5) is 0 Å². The van der Waals surface area contributed by atoms with Gasteiger partial charge in [-0.3, -0.25) is 4.63 Å². The second kappa shape index (κ2) is 3.56. The first-order valence-corrected chi connectivity index (χ1v) is 4.37. The average molecular weight is 206 g/mol. The zero-order valence-corrected chi connectivity index (χ0v) is 8.41. The Morgan fingerprint density at radius 1 is 1.53 bits per heavy atom. The van der Waals surface area contributed by atoms with E-state index in [1.54, 1.807) is 23.4 Å². The highest BCUT2D eigenvalue weighted by molar-refractivity contribution is 5.85. The minimum Gasteiger partial charge on any atom is -0.359 e. The van der Waals surface area contributed by atoms with Crippen LogP contribution in [-0.2, 0) is 0 Å². The predicted octanol–water partition coefficient (Wildman–Crippen LogP) is 0.357. The smallest absolute Gasteiger partial charge is 0.248 e. The van der Waals surface area contributed by atoms with Gasteiger partial charge in [0.1, 0.15) is 0 Å². The van der Waals surface area contributed by atoms with E-state index in [0.717, 1.165) is 5.56 Å². The number of nitrogens with zero attached hydrogens (tertiary/aromatic N) is 4. The lowest BCUT2D eigenvalue weighted by Gasteiger charge is -2.01.